The fraction of sp³-hybridized carbons (Fsp3) is 0.632. The molecule has 0 bridgehead atoms. The summed E-state index contributed by atoms with van der Waals surface area (Å²) < 4.78 is 12.9. The van der Waals surface area contributed by atoms with Crippen LogP contribution in [0.2, 0.25) is 0 Å². The summed E-state index contributed by atoms with van der Waals surface area (Å²) in [7, 11) is 0. The zero-order valence-corrected chi connectivity index (χ0v) is 15.4. The minimum atomic E-state index is -0.321. The largest absolute Gasteiger partial charge is 0.458 e. The maximum atomic E-state index is 11.3. The second-order valence-electron chi connectivity index (χ2n) is 7.39. The highest BCUT2D eigenvalue weighted by Gasteiger charge is 2.39. The van der Waals surface area contributed by atoms with Crippen molar-refractivity contribution < 1.29 is 14.3 Å². The SMILES string of the molecule is CCC1(c2ccc3cnc(N[C@@H]4CCOC[C@H]4OC(C)=O)nn23)CCC1. The van der Waals surface area contributed by atoms with Gasteiger partial charge in [-0.15, -0.1) is 5.10 Å². The van der Waals surface area contributed by atoms with E-state index in [9.17, 15) is 4.79 Å². The van der Waals surface area contributed by atoms with Gasteiger partial charge in [0.15, 0.2) is 0 Å². The van der Waals surface area contributed by atoms with Crippen LogP contribution in [0.1, 0.15) is 51.6 Å². The van der Waals surface area contributed by atoms with Crippen LogP contribution in [0.25, 0.3) is 5.52 Å². The van der Waals surface area contributed by atoms with Gasteiger partial charge in [0.05, 0.1) is 24.4 Å². The lowest BCUT2D eigenvalue weighted by Gasteiger charge is -2.41. The number of hydrogen-bond donors (Lipinski definition) is 1. The quantitative estimate of drug-likeness (QED) is 0.828. The van der Waals surface area contributed by atoms with Crippen LogP contribution in [-0.4, -0.2) is 45.9 Å². The summed E-state index contributed by atoms with van der Waals surface area (Å²) >= 11 is 0. The monoisotopic (exact) mass is 358 g/mol. The summed E-state index contributed by atoms with van der Waals surface area (Å²) in [5.74, 6) is 0.260. The predicted octanol–water partition coefficient (Wildman–Crippen LogP) is 2.69. The molecule has 1 saturated carbocycles. The fourth-order valence-corrected chi connectivity index (χ4v) is 4.14. The maximum absolute atomic E-state index is 11.3. The van der Waals surface area contributed by atoms with Gasteiger partial charge in [0, 0.05) is 24.6 Å². The first-order valence-electron chi connectivity index (χ1n) is 9.48. The summed E-state index contributed by atoms with van der Waals surface area (Å²) in [6, 6.07) is 4.23. The Labute approximate surface area is 153 Å². The molecule has 7 nitrogen and oxygen atoms in total. The molecule has 0 amide bonds. The lowest BCUT2D eigenvalue weighted by molar-refractivity contribution is -0.153. The molecule has 2 aromatic heterocycles. The zero-order chi connectivity index (χ0) is 18.1. The van der Waals surface area contributed by atoms with E-state index in [0.717, 1.165) is 18.4 Å². The van der Waals surface area contributed by atoms with E-state index in [4.69, 9.17) is 14.6 Å². The average Bonchev–Trinajstić information content (AvgIpc) is 3.00. The van der Waals surface area contributed by atoms with Crippen molar-refractivity contribution in [1.29, 1.82) is 0 Å². The second-order valence-corrected chi connectivity index (χ2v) is 7.39. The number of nitrogens with zero attached hydrogens (tertiary/aromatic N) is 3. The molecule has 3 heterocycles. The molecule has 2 aromatic rings. The number of hydrogen-bond acceptors (Lipinski definition) is 6. The van der Waals surface area contributed by atoms with Gasteiger partial charge in [0.25, 0.3) is 0 Å². The molecule has 1 saturated heterocycles. The van der Waals surface area contributed by atoms with Crippen LogP contribution in [0.4, 0.5) is 5.95 Å². The van der Waals surface area contributed by atoms with E-state index >= 15 is 0 Å². The van der Waals surface area contributed by atoms with Crippen LogP contribution < -0.4 is 5.32 Å². The molecule has 2 atom stereocenters. The summed E-state index contributed by atoms with van der Waals surface area (Å²) in [5, 5.41) is 8.10. The van der Waals surface area contributed by atoms with Crippen LogP contribution >= 0.6 is 0 Å². The Morgan fingerprint density at radius 3 is 3.00 bits per heavy atom. The Hall–Kier alpha value is -2.15. The van der Waals surface area contributed by atoms with Crippen LogP contribution in [-0.2, 0) is 19.7 Å². The van der Waals surface area contributed by atoms with E-state index in [-0.39, 0.29) is 23.5 Å². The molecule has 0 spiro atoms. The van der Waals surface area contributed by atoms with E-state index in [1.54, 1.807) is 0 Å². The lowest BCUT2D eigenvalue weighted by atomic mass is 9.65. The van der Waals surface area contributed by atoms with Crippen molar-refractivity contribution in [3.63, 3.8) is 0 Å². The normalized spacial score (nSPS) is 24.8. The molecular weight excluding hydrogens is 332 g/mol. The van der Waals surface area contributed by atoms with Crippen LogP contribution in [0, 0.1) is 0 Å². The van der Waals surface area contributed by atoms with E-state index < -0.39 is 0 Å². The third-order valence-electron chi connectivity index (χ3n) is 5.87. The number of carbonyl (C=O) groups is 1. The van der Waals surface area contributed by atoms with Crippen molar-refractivity contribution in [3.8, 4) is 0 Å². The predicted molar refractivity (Wildman–Crippen MR) is 97.2 cm³/mol. The number of ether oxygens (including phenoxy) is 2. The van der Waals surface area contributed by atoms with E-state index in [1.165, 1.54) is 31.9 Å². The molecule has 2 fully saturated rings. The number of rotatable bonds is 5. The molecular formula is C19H26N4O3. The Morgan fingerprint density at radius 2 is 2.31 bits per heavy atom. The molecule has 1 N–H and O–H groups in total. The minimum Gasteiger partial charge on any atom is -0.458 e. The third-order valence-corrected chi connectivity index (χ3v) is 5.87. The van der Waals surface area contributed by atoms with E-state index in [0.29, 0.717) is 19.2 Å². The first-order chi connectivity index (χ1) is 12.6. The topological polar surface area (TPSA) is 77.8 Å². The highest BCUT2D eigenvalue weighted by atomic mass is 16.6. The number of esters is 1. The fourth-order valence-electron chi connectivity index (χ4n) is 4.14. The first kappa shape index (κ1) is 17.3. The van der Waals surface area contributed by atoms with E-state index in [2.05, 4.69) is 29.4 Å². The standard InChI is InChI=1S/C19H26N4O3/c1-3-19(8-4-9-19)17-6-5-14-11-20-18(22-23(14)17)21-15-7-10-25-12-16(15)26-13(2)24/h5-6,11,15-16H,3-4,7-10,12H2,1-2H3,(H,21,22)/t15-,16-/m1/s1. The number of carbonyl (C=O) groups excluding carboxylic acids is 1. The van der Waals surface area contributed by atoms with Crippen molar-refractivity contribution in [2.75, 3.05) is 18.5 Å². The van der Waals surface area contributed by atoms with Gasteiger partial charge < -0.3 is 14.8 Å². The summed E-state index contributed by atoms with van der Waals surface area (Å²) in [5.41, 5.74) is 2.53. The molecule has 0 radical (unpaired) electrons. The third kappa shape index (κ3) is 3.05. The molecule has 7 heteroatoms. The molecule has 1 aliphatic heterocycles. The van der Waals surface area contributed by atoms with Crippen molar-refractivity contribution in [3.05, 3.63) is 24.0 Å². The van der Waals surface area contributed by atoms with E-state index in [1.807, 2.05) is 10.7 Å². The molecule has 140 valence electrons. The van der Waals surface area contributed by atoms with Gasteiger partial charge in [0.1, 0.15) is 6.10 Å². The van der Waals surface area contributed by atoms with Crippen molar-refractivity contribution in [2.45, 2.75) is 63.5 Å². The lowest BCUT2D eigenvalue weighted by Crippen LogP contribution is -2.45. The van der Waals surface area contributed by atoms with Crippen LogP contribution in [0.3, 0.4) is 0 Å². The molecule has 1 aliphatic carbocycles. The van der Waals surface area contributed by atoms with Crippen molar-refractivity contribution in [1.82, 2.24) is 14.6 Å². The zero-order valence-electron chi connectivity index (χ0n) is 15.4. The highest BCUT2D eigenvalue weighted by molar-refractivity contribution is 5.66. The molecule has 2 aliphatic rings. The summed E-state index contributed by atoms with van der Waals surface area (Å²) in [6.07, 6.45) is 7.12. The number of anilines is 1. The van der Waals surface area contributed by atoms with Crippen molar-refractivity contribution in [2.24, 2.45) is 0 Å². The van der Waals surface area contributed by atoms with Gasteiger partial charge in [-0.2, -0.15) is 0 Å². The van der Waals surface area contributed by atoms with Gasteiger partial charge in [0.2, 0.25) is 5.95 Å². The van der Waals surface area contributed by atoms with Crippen molar-refractivity contribution >= 4 is 17.4 Å². The smallest absolute Gasteiger partial charge is 0.303 e. The van der Waals surface area contributed by atoms with Gasteiger partial charge >= 0.3 is 5.97 Å². The molecule has 0 aromatic carbocycles. The van der Waals surface area contributed by atoms with Crippen LogP contribution in [0.5, 0.6) is 0 Å². The maximum Gasteiger partial charge on any atom is 0.303 e. The summed E-state index contributed by atoms with van der Waals surface area (Å²) in [4.78, 5) is 15.8. The van der Waals surface area contributed by atoms with Gasteiger partial charge in [-0.1, -0.05) is 13.3 Å². The Kier molecular flexibility index (Phi) is 4.56. The second kappa shape index (κ2) is 6.87. The molecule has 26 heavy (non-hydrogen) atoms. The van der Waals surface area contributed by atoms with Gasteiger partial charge in [-0.25, -0.2) is 9.50 Å². The first-order valence-corrected chi connectivity index (χ1v) is 9.48. The molecule has 4 rings (SSSR count). The van der Waals surface area contributed by atoms with Gasteiger partial charge in [-0.3, -0.25) is 4.79 Å². The Bertz CT molecular complexity index is 794. The average molecular weight is 358 g/mol. The van der Waals surface area contributed by atoms with Gasteiger partial charge in [-0.05, 0) is 37.8 Å². The Balaban J connectivity index is 1.59. The minimum absolute atomic E-state index is 0.0482. The Morgan fingerprint density at radius 1 is 1.46 bits per heavy atom. The number of nitrogens with one attached hydrogen (secondary N) is 1. The molecule has 0 unspecified atom stereocenters. The summed E-state index contributed by atoms with van der Waals surface area (Å²) in [6.45, 7) is 4.70. The number of fused-ring (bicyclic) bond motifs is 1. The highest BCUT2D eigenvalue weighted by Crippen LogP contribution is 2.46. The number of aromatic nitrogens is 3. The van der Waals surface area contributed by atoms with Crippen LogP contribution in [0.15, 0.2) is 18.3 Å².